The van der Waals surface area contributed by atoms with Gasteiger partial charge in [-0.05, 0) is 35.4 Å². The number of nitrogens with one attached hydrogen (secondary N) is 2. The molecule has 0 radical (unpaired) electrons. The Morgan fingerprint density at radius 2 is 1.44 bits per heavy atom. The first-order chi connectivity index (χ1) is 15.6. The molecule has 2 amide bonds. The fourth-order valence-electron chi connectivity index (χ4n) is 3.45. The first-order valence-corrected chi connectivity index (χ1v) is 9.89. The average Bonchev–Trinajstić information content (AvgIpc) is 2.84. The number of methoxy groups -OCH3 is 1. The van der Waals surface area contributed by atoms with Crippen LogP contribution in [0.1, 0.15) is 27.5 Å². The van der Waals surface area contributed by atoms with Crippen LogP contribution in [0.2, 0.25) is 0 Å². The Bertz CT molecular complexity index is 1170. The molecule has 7 heteroatoms. The molecular formula is C25H20N2O5. The molecule has 4 rings (SSSR count). The topological polar surface area (TPSA) is 93.7 Å². The Hall–Kier alpha value is -4.39. The van der Waals surface area contributed by atoms with E-state index < -0.39 is 24.0 Å². The molecule has 0 fully saturated rings. The van der Waals surface area contributed by atoms with Crippen LogP contribution in [0.15, 0.2) is 90.5 Å². The number of rotatable bonds is 5. The zero-order valence-electron chi connectivity index (χ0n) is 17.2. The van der Waals surface area contributed by atoms with E-state index in [0.29, 0.717) is 28.1 Å². The van der Waals surface area contributed by atoms with Gasteiger partial charge >= 0.3 is 18.0 Å². The Labute approximate surface area is 184 Å². The summed E-state index contributed by atoms with van der Waals surface area (Å²) < 4.78 is 10.4. The number of hydrogen-bond donors (Lipinski definition) is 2. The van der Waals surface area contributed by atoms with Crippen LogP contribution in [0, 0.1) is 0 Å². The minimum absolute atomic E-state index is 0.271. The van der Waals surface area contributed by atoms with Gasteiger partial charge in [-0.1, -0.05) is 60.7 Å². The third-order valence-corrected chi connectivity index (χ3v) is 4.97. The largest absolute Gasteiger partial charge is 0.466 e. The van der Waals surface area contributed by atoms with Crippen molar-refractivity contribution in [3.8, 4) is 5.75 Å². The van der Waals surface area contributed by atoms with Crippen molar-refractivity contribution in [3.63, 3.8) is 0 Å². The molecule has 1 unspecified atom stereocenters. The highest BCUT2D eigenvalue weighted by Gasteiger charge is 2.34. The molecule has 1 aliphatic rings. The van der Waals surface area contributed by atoms with Crippen molar-refractivity contribution < 1.29 is 23.9 Å². The van der Waals surface area contributed by atoms with Gasteiger partial charge in [0.15, 0.2) is 0 Å². The monoisotopic (exact) mass is 428 g/mol. The molecular weight excluding hydrogens is 408 g/mol. The minimum Gasteiger partial charge on any atom is -0.466 e. The lowest BCUT2D eigenvalue weighted by molar-refractivity contribution is -0.136. The molecule has 0 saturated heterocycles. The Morgan fingerprint density at radius 3 is 2.06 bits per heavy atom. The van der Waals surface area contributed by atoms with Gasteiger partial charge in [-0.2, -0.15) is 0 Å². The average molecular weight is 428 g/mol. The van der Waals surface area contributed by atoms with Crippen LogP contribution in [-0.2, 0) is 9.53 Å². The molecule has 32 heavy (non-hydrogen) atoms. The van der Waals surface area contributed by atoms with E-state index in [1.54, 1.807) is 60.7 Å². The second-order valence-electron chi connectivity index (χ2n) is 7.00. The lowest BCUT2D eigenvalue weighted by Gasteiger charge is -2.29. The minimum atomic E-state index is -0.745. The summed E-state index contributed by atoms with van der Waals surface area (Å²) in [7, 11) is 1.29. The van der Waals surface area contributed by atoms with Crippen LogP contribution >= 0.6 is 0 Å². The second kappa shape index (κ2) is 9.18. The maximum atomic E-state index is 12.7. The highest BCUT2D eigenvalue weighted by molar-refractivity contribution is 6.04. The van der Waals surface area contributed by atoms with Crippen molar-refractivity contribution in [2.45, 2.75) is 6.04 Å². The number of esters is 2. The van der Waals surface area contributed by atoms with Gasteiger partial charge in [0.2, 0.25) is 0 Å². The van der Waals surface area contributed by atoms with Crippen LogP contribution in [0.4, 0.5) is 4.79 Å². The Kier molecular flexibility index (Phi) is 5.98. The van der Waals surface area contributed by atoms with Crippen molar-refractivity contribution in [2.75, 3.05) is 7.11 Å². The molecule has 0 spiro atoms. The van der Waals surface area contributed by atoms with Crippen molar-refractivity contribution in [2.24, 2.45) is 0 Å². The zero-order chi connectivity index (χ0) is 22.5. The normalized spacial score (nSPS) is 15.4. The number of carbonyl (C=O) groups is 3. The number of ether oxygens (including phenoxy) is 2. The van der Waals surface area contributed by atoms with E-state index in [9.17, 15) is 14.4 Å². The molecule has 3 aromatic rings. The predicted octanol–water partition coefficient (Wildman–Crippen LogP) is 3.84. The lowest BCUT2D eigenvalue weighted by atomic mass is 9.92. The molecule has 0 saturated carbocycles. The zero-order valence-corrected chi connectivity index (χ0v) is 17.2. The molecule has 160 valence electrons. The van der Waals surface area contributed by atoms with Crippen molar-refractivity contribution in [1.29, 1.82) is 0 Å². The van der Waals surface area contributed by atoms with E-state index in [1.807, 2.05) is 24.3 Å². The fourth-order valence-corrected chi connectivity index (χ4v) is 3.45. The summed E-state index contributed by atoms with van der Waals surface area (Å²) in [5.74, 6) is -0.703. The van der Waals surface area contributed by atoms with E-state index in [1.165, 1.54) is 7.11 Å². The summed E-state index contributed by atoms with van der Waals surface area (Å²) in [5, 5.41) is 5.48. The molecule has 0 bridgehead atoms. The number of carbonyl (C=O) groups excluding carboxylic acids is 3. The molecule has 7 nitrogen and oxygen atoms in total. The van der Waals surface area contributed by atoms with Crippen LogP contribution in [0.5, 0.6) is 5.75 Å². The Balaban J connectivity index is 1.66. The van der Waals surface area contributed by atoms with Gasteiger partial charge in [-0.15, -0.1) is 0 Å². The number of hydrogen-bond acceptors (Lipinski definition) is 5. The van der Waals surface area contributed by atoms with E-state index in [4.69, 9.17) is 9.47 Å². The number of benzene rings is 3. The smallest absolute Gasteiger partial charge is 0.343 e. The molecule has 1 heterocycles. The number of urea groups is 1. The standard InChI is InChI=1S/C25H20N2O5/c1-31-24(29)20-21(16-8-4-2-5-9-16)26-25(30)27-22(20)17-12-14-19(15-13-17)32-23(28)18-10-6-3-7-11-18/h2-15,22H,1H3,(H2,26,27,30). The van der Waals surface area contributed by atoms with Gasteiger partial charge in [-0.3, -0.25) is 0 Å². The van der Waals surface area contributed by atoms with Gasteiger partial charge in [0.05, 0.1) is 30.0 Å². The molecule has 0 aromatic heterocycles. The van der Waals surface area contributed by atoms with Gasteiger partial charge in [-0.25, -0.2) is 14.4 Å². The second-order valence-corrected chi connectivity index (χ2v) is 7.00. The first kappa shape index (κ1) is 20.9. The van der Waals surface area contributed by atoms with E-state index in [0.717, 1.165) is 0 Å². The van der Waals surface area contributed by atoms with E-state index in [-0.39, 0.29) is 5.57 Å². The van der Waals surface area contributed by atoms with E-state index >= 15 is 0 Å². The summed E-state index contributed by atoms with van der Waals surface area (Å²) in [5.41, 5.74) is 2.40. The molecule has 1 atom stereocenters. The van der Waals surface area contributed by atoms with Gasteiger partial charge in [0, 0.05) is 0 Å². The van der Waals surface area contributed by atoms with Gasteiger partial charge < -0.3 is 20.1 Å². The summed E-state index contributed by atoms with van der Waals surface area (Å²) in [6.45, 7) is 0. The van der Waals surface area contributed by atoms with Crippen LogP contribution in [-0.4, -0.2) is 25.1 Å². The third kappa shape index (κ3) is 4.37. The summed E-state index contributed by atoms with van der Waals surface area (Å²) in [4.78, 5) is 37.3. The fraction of sp³-hybridized carbons (Fsp3) is 0.0800. The SMILES string of the molecule is COC(=O)C1=C(c2ccccc2)NC(=O)NC1c1ccc(OC(=O)c2ccccc2)cc1. The first-order valence-electron chi connectivity index (χ1n) is 9.89. The summed E-state index contributed by atoms with van der Waals surface area (Å²) in [6, 6.07) is 23.1. The van der Waals surface area contributed by atoms with Crippen molar-refractivity contribution >= 4 is 23.7 Å². The number of amides is 2. The third-order valence-electron chi connectivity index (χ3n) is 4.97. The van der Waals surface area contributed by atoms with Crippen LogP contribution < -0.4 is 15.4 Å². The van der Waals surface area contributed by atoms with E-state index in [2.05, 4.69) is 10.6 Å². The van der Waals surface area contributed by atoms with Crippen molar-refractivity contribution in [1.82, 2.24) is 10.6 Å². The molecule has 2 N–H and O–H groups in total. The van der Waals surface area contributed by atoms with Gasteiger partial charge in [0.25, 0.3) is 0 Å². The summed E-state index contributed by atoms with van der Waals surface area (Å²) >= 11 is 0. The van der Waals surface area contributed by atoms with Crippen LogP contribution in [0.3, 0.4) is 0 Å². The molecule has 1 aliphatic heterocycles. The lowest BCUT2D eigenvalue weighted by Crippen LogP contribution is -2.45. The van der Waals surface area contributed by atoms with Crippen molar-refractivity contribution in [3.05, 3.63) is 107 Å². The summed E-state index contributed by atoms with van der Waals surface area (Å²) in [6.07, 6.45) is 0. The van der Waals surface area contributed by atoms with Gasteiger partial charge in [0.1, 0.15) is 5.75 Å². The predicted molar refractivity (Wildman–Crippen MR) is 118 cm³/mol. The maximum Gasteiger partial charge on any atom is 0.343 e. The molecule has 3 aromatic carbocycles. The Morgan fingerprint density at radius 1 is 0.812 bits per heavy atom. The highest BCUT2D eigenvalue weighted by Crippen LogP contribution is 2.32. The maximum absolute atomic E-state index is 12.7. The van der Waals surface area contributed by atoms with Crippen LogP contribution in [0.25, 0.3) is 5.70 Å². The highest BCUT2D eigenvalue weighted by atomic mass is 16.5. The molecule has 0 aliphatic carbocycles. The quantitative estimate of drug-likeness (QED) is 0.476.